The van der Waals surface area contributed by atoms with Crippen LogP contribution in [0.25, 0.3) is 5.65 Å². The van der Waals surface area contributed by atoms with Gasteiger partial charge in [0, 0.05) is 12.4 Å². The van der Waals surface area contributed by atoms with Crippen LogP contribution >= 0.6 is 0 Å². The van der Waals surface area contributed by atoms with E-state index in [9.17, 15) is 14.7 Å². The van der Waals surface area contributed by atoms with Crippen LogP contribution in [-0.2, 0) is 16.0 Å². The Hall–Kier alpha value is -2.41. The number of nitrogens with zero attached hydrogens (tertiary/aromatic N) is 2. The van der Waals surface area contributed by atoms with Gasteiger partial charge in [0.05, 0.1) is 18.2 Å². The molecule has 0 fully saturated rings. The molecular weight excluding hydrogens is 274 g/mol. The fraction of sp³-hybridized carbons (Fsp3) is 0.357. The molecule has 0 aliphatic rings. The van der Waals surface area contributed by atoms with Crippen molar-refractivity contribution in [3.05, 3.63) is 35.8 Å². The molecule has 0 bridgehead atoms. The Labute approximate surface area is 121 Å². The van der Waals surface area contributed by atoms with Gasteiger partial charge in [-0.3, -0.25) is 4.79 Å². The predicted molar refractivity (Wildman–Crippen MR) is 74.9 cm³/mol. The third kappa shape index (κ3) is 3.57. The molecule has 0 saturated carbocycles. The van der Waals surface area contributed by atoms with Crippen LogP contribution in [0, 0.1) is 6.92 Å². The van der Waals surface area contributed by atoms with Crippen molar-refractivity contribution in [2.75, 3.05) is 0 Å². The van der Waals surface area contributed by atoms with E-state index in [0.29, 0.717) is 5.69 Å². The highest BCUT2D eigenvalue weighted by Crippen LogP contribution is 2.08. The summed E-state index contributed by atoms with van der Waals surface area (Å²) in [6.45, 7) is 3.26. The Kier molecular flexibility index (Phi) is 4.23. The molecule has 7 heteroatoms. The number of aromatic nitrogens is 2. The molecule has 2 aromatic heterocycles. The van der Waals surface area contributed by atoms with Gasteiger partial charge >= 0.3 is 5.97 Å². The first kappa shape index (κ1) is 15.0. The molecule has 21 heavy (non-hydrogen) atoms. The molecule has 1 amide bonds. The second-order valence-electron chi connectivity index (χ2n) is 5.00. The minimum absolute atomic E-state index is 0.0444. The van der Waals surface area contributed by atoms with Gasteiger partial charge in [0.15, 0.2) is 6.04 Å². The maximum absolute atomic E-state index is 11.8. The Bertz CT molecular complexity index is 678. The fourth-order valence-corrected chi connectivity index (χ4v) is 2.00. The van der Waals surface area contributed by atoms with Gasteiger partial charge in [0.25, 0.3) is 0 Å². The molecule has 0 aliphatic carbocycles. The lowest BCUT2D eigenvalue weighted by Gasteiger charge is -2.16. The third-order valence-corrected chi connectivity index (χ3v) is 3.07. The number of amides is 1. The van der Waals surface area contributed by atoms with Gasteiger partial charge in [-0.25, -0.2) is 9.78 Å². The SMILES string of the molecule is Cc1ccn2cc(CC(=O)NC(C(=O)O)C(C)O)nc2c1. The topological polar surface area (TPSA) is 104 Å². The highest BCUT2D eigenvalue weighted by Gasteiger charge is 2.25. The molecule has 7 nitrogen and oxygen atoms in total. The number of carbonyl (C=O) groups excluding carboxylic acids is 1. The molecule has 0 spiro atoms. The quantitative estimate of drug-likeness (QED) is 0.726. The largest absolute Gasteiger partial charge is 0.480 e. The monoisotopic (exact) mass is 291 g/mol. The molecule has 3 N–H and O–H groups in total. The molecule has 2 heterocycles. The average Bonchev–Trinajstić information content (AvgIpc) is 2.76. The van der Waals surface area contributed by atoms with E-state index in [4.69, 9.17) is 5.11 Å². The second kappa shape index (κ2) is 5.92. The summed E-state index contributed by atoms with van der Waals surface area (Å²) in [5.74, 6) is -1.77. The lowest BCUT2D eigenvalue weighted by atomic mass is 10.2. The number of hydrogen-bond acceptors (Lipinski definition) is 4. The number of pyridine rings is 1. The van der Waals surface area contributed by atoms with Crippen LogP contribution in [0.5, 0.6) is 0 Å². The molecule has 0 radical (unpaired) electrons. The number of imidazole rings is 1. The summed E-state index contributed by atoms with van der Waals surface area (Å²) in [7, 11) is 0. The molecule has 112 valence electrons. The number of hydrogen-bond donors (Lipinski definition) is 3. The standard InChI is InChI=1S/C14H17N3O4/c1-8-3-4-17-7-10(15-11(17)5-8)6-12(19)16-13(9(2)18)14(20)21/h3-5,7,9,13,18H,6H2,1-2H3,(H,16,19)(H,20,21). The predicted octanol–water partition coefficient (Wildman–Crippen LogP) is 0.135. The highest BCUT2D eigenvalue weighted by atomic mass is 16.4. The van der Waals surface area contributed by atoms with E-state index in [1.807, 2.05) is 25.3 Å². The van der Waals surface area contributed by atoms with Crippen LogP contribution in [0.4, 0.5) is 0 Å². The number of carbonyl (C=O) groups is 2. The van der Waals surface area contributed by atoms with Crippen molar-refractivity contribution in [1.82, 2.24) is 14.7 Å². The zero-order chi connectivity index (χ0) is 15.6. The smallest absolute Gasteiger partial charge is 0.328 e. The molecule has 0 saturated heterocycles. The number of nitrogens with one attached hydrogen (secondary N) is 1. The van der Waals surface area contributed by atoms with Gasteiger partial charge < -0.3 is 19.9 Å². The Morgan fingerprint density at radius 2 is 2.19 bits per heavy atom. The molecular formula is C14H17N3O4. The number of rotatable bonds is 5. The van der Waals surface area contributed by atoms with E-state index < -0.39 is 24.0 Å². The zero-order valence-corrected chi connectivity index (χ0v) is 11.8. The number of carboxylic acids is 1. The van der Waals surface area contributed by atoms with Gasteiger partial charge in [-0.2, -0.15) is 0 Å². The second-order valence-corrected chi connectivity index (χ2v) is 5.00. The summed E-state index contributed by atoms with van der Waals surface area (Å²) in [5.41, 5.74) is 2.32. The fourth-order valence-electron chi connectivity index (χ4n) is 2.00. The summed E-state index contributed by atoms with van der Waals surface area (Å²) in [5, 5.41) is 20.5. The molecule has 2 atom stereocenters. The van der Waals surface area contributed by atoms with Crippen LogP contribution in [0.2, 0.25) is 0 Å². The van der Waals surface area contributed by atoms with Gasteiger partial charge in [0.1, 0.15) is 5.65 Å². The summed E-state index contributed by atoms with van der Waals surface area (Å²) in [6.07, 6.45) is 2.34. The maximum atomic E-state index is 11.8. The van der Waals surface area contributed by atoms with Gasteiger partial charge in [0.2, 0.25) is 5.91 Å². The first-order chi connectivity index (χ1) is 9.86. The summed E-state index contributed by atoms with van der Waals surface area (Å²) in [4.78, 5) is 27.1. The van der Waals surface area contributed by atoms with E-state index in [-0.39, 0.29) is 6.42 Å². The lowest BCUT2D eigenvalue weighted by Crippen LogP contribution is -2.48. The van der Waals surface area contributed by atoms with Gasteiger partial charge in [-0.05, 0) is 31.5 Å². The van der Waals surface area contributed by atoms with Gasteiger partial charge in [-0.15, -0.1) is 0 Å². The maximum Gasteiger partial charge on any atom is 0.328 e. The third-order valence-electron chi connectivity index (χ3n) is 3.07. The van der Waals surface area contributed by atoms with Crippen LogP contribution < -0.4 is 5.32 Å². The first-order valence-electron chi connectivity index (χ1n) is 6.51. The minimum Gasteiger partial charge on any atom is -0.480 e. The number of aliphatic hydroxyl groups excluding tert-OH is 1. The summed E-state index contributed by atoms with van der Waals surface area (Å²) in [6, 6.07) is 2.49. The highest BCUT2D eigenvalue weighted by molar-refractivity contribution is 5.85. The average molecular weight is 291 g/mol. The number of carboxylic acid groups (broad SMARTS) is 1. The van der Waals surface area contributed by atoms with Crippen LogP contribution in [0.15, 0.2) is 24.5 Å². The Morgan fingerprint density at radius 1 is 1.48 bits per heavy atom. The molecule has 0 aliphatic heterocycles. The van der Waals surface area contributed by atoms with Crippen molar-refractivity contribution in [2.45, 2.75) is 32.4 Å². The Morgan fingerprint density at radius 3 is 2.81 bits per heavy atom. The van der Waals surface area contributed by atoms with Crippen molar-refractivity contribution in [3.8, 4) is 0 Å². The molecule has 0 aromatic carbocycles. The van der Waals surface area contributed by atoms with Crippen molar-refractivity contribution < 1.29 is 19.8 Å². The van der Waals surface area contributed by atoms with E-state index in [0.717, 1.165) is 11.2 Å². The van der Waals surface area contributed by atoms with Gasteiger partial charge in [-0.1, -0.05) is 0 Å². The molecule has 2 unspecified atom stereocenters. The number of aryl methyl sites for hydroxylation is 1. The van der Waals surface area contributed by atoms with Crippen molar-refractivity contribution in [1.29, 1.82) is 0 Å². The number of aliphatic carboxylic acids is 1. The minimum atomic E-state index is -1.32. The van der Waals surface area contributed by atoms with E-state index in [2.05, 4.69) is 10.3 Å². The van der Waals surface area contributed by atoms with Crippen molar-refractivity contribution in [2.24, 2.45) is 0 Å². The van der Waals surface area contributed by atoms with E-state index >= 15 is 0 Å². The zero-order valence-electron chi connectivity index (χ0n) is 11.8. The summed E-state index contributed by atoms with van der Waals surface area (Å²) >= 11 is 0. The number of aliphatic hydroxyl groups is 1. The van der Waals surface area contributed by atoms with Crippen LogP contribution in [0.1, 0.15) is 18.2 Å². The summed E-state index contributed by atoms with van der Waals surface area (Å²) < 4.78 is 1.79. The number of fused-ring (bicyclic) bond motifs is 1. The van der Waals surface area contributed by atoms with E-state index in [1.165, 1.54) is 6.92 Å². The van der Waals surface area contributed by atoms with E-state index in [1.54, 1.807) is 10.6 Å². The molecule has 2 aromatic rings. The van der Waals surface area contributed by atoms with Crippen molar-refractivity contribution in [3.63, 3.8) is 0 Å². The first-order valence-corrected chi connectivity index (χ1v) is 6.51. The lowest BCUT2D eigenvalue weighted by molar-refractivity contribution is -0.144. The van der Waals surface area contributed by atoms with Crippen molar-refractivity contribution >= 4 is 17.5 Å². The van der Waals surface area contributed by atoms with Crippen LogP contribution in [-0.4, -0.2) is 43.6 Å². The molecule has 2 rings (SSSR count). The van der Waals surface area contributed by atoms with Crippen LogP contribution in [0.3, 0.4) is 0 Å². The Balaban J connectivity index is 2.09. The normalized spacial score (nSPS) is 13.9.